The first-order valence-electron chi connectivity index (χ1n) is 5.83. The Labute approximate surface area is 90.8 Å². The number of carbonyl (C=O) groups is 2. The van der Waals surface area contributed by atoms with Crippen LogP contribution in [-0.4, -0.2) is 29.7 Å². The molecule has 2 fully saturated rings. The molecule has 1 saturated carbocycles. The van der Waals surface area contributed by atoms with Gasteiger partial charge in [-0.3, -0.25) is 9.59 Å². The smallest absolute Gasteiger partial charge is 0.230 e. The number of hydrogen-bond donors (Lipinski definition) is 0. The summed E-state index contributed by atoms with van der Waals surface area (Å²) in [5.41, 5.74) is 0.371. The van der Waals surface area contributed by atoms with Crippen molar-refractivity contribution >= 4 is 11.7 Å². The molecule has 2 rings (SSSR count). The summed E-state index contributed by atoms with van der Waals surface area (Å²) in [4.78, 5) is 24.6. The Bertz CT molecular complexity index is 292. The second kappa shape index (κ2) is 3.62. The SMILES string of the molecule is CC(C)C1(CN2CCC(=O)CC2=O)CC1. The third-order valence-electron chi connectivity index (χ3n) is 3.98. The van der Waals surface area contributed by atoms with E-state index < -0.39 is 0 Å². The maximum atomic E-state index is 11.6. The average Bonchev–Trinajstić information content (AvgIpc) is 2.91. The first kappa shape index (κ1) is 10.7. The van der Waals surface area contributed by atoms with Crippen LogP contribution in [0.25, 0.3) is 0 Å². The van der Waals surface area contributed by atoms with Gasteiger partial charge in [-0.1, -0.05) is 13.8 Å². The molecule has 0 radical (unpaired) electrons. The van der Waals surface area contributed by atoms with Crippen LogP contribution >= 0.6 is 0 Å². The first-order chi connectivity index (χ1) is 7.03. The van der Waals surface area contributed by atoms with Gasteiger partial charge in [-0.2, -0.15) is 0 Å². The number of hydrogen-bond acceptors (Lipinski definition) is 2. The van der Waals surface area contributed by atoms with Gasteiger partial charge in [0, 0.05) is 19.5 Å². The molecule has 0 atom stereocenters. The zero-order valence-corrected chi connectivity index (χ0v) is 9.58. The molecule has 1 heterocycles. The zero-order valence-electron chi connectivity index (χ0n) is 9.58. The number of rotatable bonds is 3. The van der Waals surface area contributed by atoms with E-state index in [9.17, 15) is 9.59 Å². The lowest BCUT2D eigenvalue weighted by Crippen LogP contribution is -2.43. The standard InChI is InChI=1S/C12H19NO2/c1-9(2)12(4-5-12)8-13-6-3-10(14)7-11(13)15/h9H,3-8H2,1-2H3. The number of Topliss-reactive ketones (excluding diaryl/α,β-unsaturated/α-hetero) is 1. The Morgan fingerprint density at radius 1 is 1.33 bits per heavy atom. The van der Waals surface area contributed by atoms with Gasteiger partial charge < -0.3 is 4.90 Å². The van der Waals surface area contributed by atoms with E-state index in [1.165, 1.54) is 12.8 Å². The lowest BCUT2D eigenvalue weighted by Gasteiger charge is -2.32. The van der Waals surface area contributed by atoms with Gasteiger partial charge in [-0.25, -0.2) is 0 Å². The molecule has 0 aromatic rings. The monoisotopic (exact) mass is 209 g/mol. The van der Waals surface area contributed by atoms with Crippen molar-refractivity contribution in [2.75, 3.05) is 13.1 Å². The molecule has 2 aliphatic rings. The number of likely N-dealkylation sites (tertiary alicyclic amines) is 1. The van der Waals surface area contributed by atoms with Crippen molar-refractivity contribution in [2.24, 2.45) is 11.3 Å². The minimum absolute atomic E-state index is 0.0400. The van der Waals surface area contributed by atoms with Gasteiger partial charge in [0.15, 0.2) is 0 Å². The highest BCUT2D eigenvalue weighted by atomic mass is 16.2. The van der Waals surface area contributed by atoms with Crippen molar-refractivity contribution < 1.29 is 9.59 Å². The minimum atomic E-state index is 0.0400. The lowest BCUT2D eigenvalue weighted by molar-refractivity contribution is -0.140. The molecule has 0 spiro atoms. The van der Waals surface area contributed by atoms with Crippen molar-refractivity contribution in [3.8, 4) is 0 Å². The number of carbonyl (C=O) groups excluding carboxylic acids is 2. The van der Waals surface area contributed by atoms with E-state index >= 15 is 0 Å². The average molecular weight is 209 g/mol. The van der Waals surface area contributed by atoms with E-state index in [1.807, 2.05) is 4.90 Å². The van der Waals surface area contributed by atoms with Crippen LogP contribution in [0.5, 0.6) is 0 Å². The molecule has 0 aromatic heterocycles. The zero-order chi connectivity index (χ0) is 11.1. The minimum Gasteiger partial charge on any atom is -0.341 e. The van der Waals surface area contributed by atoms with Crippen molar-refractivity contribution in [3.63, 3.8) is 0 Å². The highest BCUT2D eigenvalue weighted by molar-refractivity contribution is 6.00. The highest BCUT2D eigenvalue weighted by Crippen LogP contribution is 2.52. The molecule has 1 aliphatic carbocycles. The molecule has 1 aliphatic heterocycles. The van der Waals surface area contributed by atoms with Crippen LogP contribution in [0, 0.1) is 11.3 Å². The van der Waals surface area contributed by atoms with E-state index in [2.05, 4.69) is 13.8 Å². The summed E-state index contributed by atoms with van der Waals surface area (Å²) in [7, 11) is 0. The molecule has 0 N–H and O–H groups in total. The summed E-state index contributed by atoms with van der Waals surface area (Å²) in [6, 6.07) is 0. The van der Waals surface area contributed by atoms with Crippen LogP contribution < -0.4 is 0 Å². The topological polar surface area (TPSA) is 37.4 Å². The van der Waals surface area contributed by atoms with Crippen LogP contribution in [-0.2, 0) is 9.59 Å². The molecular weight excluding hydrogens is 190 g/mol. The van der Waals surface area contributed by atoms with Crippen LogP contribution in [0.2, 0.25) is 0 Å². The van der Waals surface area contributed by atoms with Crippen molar-refractivity contribution in [1.82, 2.24) is 4.90 Å². The predicted molar refractivity (Wildman–Crippen MR) is 57.3 cm³/mol. The third kappa shape index (κ3) is 2.06. The highest BCUT2D eigenvalue weighted by Gasteiger charge is 2.47. The molecule has 3 nitrogen and oxygen atoms in total. The molecule has 1 saturated heterocycles. The fourth-order valence-electron chi connectivity index (χ4n) is 2.38. The van der Waals surface area contributed by atoms with Crippen molar-refractivity contribution in [3.05, 3.63) is 0 Å². The van der Waals surface area contributed by atoms with Gasteiger partial charge in [0.25, 0.3) is 0 Å². The third-order valence-corrected chi connectivity index (χ3v) is 3.98. The largest absolute Gasteiger partial charge is 0.341 e. The van der Waals surface area contributed by atoms with E-state index in [0.29, 0.717) is 24.3 Å². The molecule has 15 heavy (non-hydrogen) atoms. The van der Waals surface area contributed by atoms with Gasteiger partial charge in [0.2, 0.25) is 5.91 Å². The number of ketones is 1. The van der Waals surface area contributed by atoms with Crippen LogP contribution in [0.4, 0.5) is 0 Å². The number of piperidine rings is 1. The van der Waals surface area contributed by atoms with Gasteiger partial charge in [0.05, 0.1) is 6.42 Å². The summed E-state index contributed by atoms with van der Waals surface area (Å²) < 4.78 is 0. The van der Waals surface area contributed by atoms with Crippen LogP contribution in [0.1, 0.15) is 39.5 Å². The van der Waals surface area contributed by atoms with Gasteiger partial charge >= 0.3 is 0 Å². The summed E-state index contributed by atoms with van der Waals surface area (Å²) in [6.45, 7) is 5.97. The van der Waals surface area contributed by atoms with Gasteiger partial charge in [0.1, 0.15) is 5.78 Å². The molecule has 0 aromatic carbocycles. The summed E-state index contributed by atoms with van der Waals surface area (Å²) in [5, 5.41) is 0. The molecule has 0 bridgehead atoms. The second-order valence-electron chi connectivity index (χ2n) is 5.30. The Kier molecular flexibility index (Phi) is 2.57. The quantitative estimate of drug-likeness (QED) is 0.662. The molecule has 3 heteroatoms. The Balaban J connectivity index is 1.95. The maximum Gasteiger partial charge on any atom is 0.230 e. The summed E-state index contributed by atoms with van der Waals surface area (Å²) in [5.74, 6) is 0.784. The van der Waals surface area contributed by atoms with E-state index in [4.69, 9.17) is 0 Å². The molecule has 0 unspecified atom stereocenters. The summed E-state index contributed by atoms with van der Waals surface area (Å²) in [6.07, 6.45) is 3.17. The van der Waals surface area contributed by atoms with Crippen LogP contribution in [0.15, 0.2) is 0 Å². The second-order valence-corrected chi connectivity index (χ2v) is 5.30. The molecular formula is C12H19NO2. The summed E-state index contributed by atoms with van der Waals surface area (Å²) >= 11 is 0. The Morgan fingerprint density at radius 2 is 2.00 bits per heavy atom. The van der Waals surface area contributed by atoms with Crippen LogP contribution in [0.3, 0.4) is 0 Å². The Morgan fingerprint density at radius 3 is 2.47 bits per heavy atom. The Hall–Kier alpha value is -0.860. The molecule has 1 amide bonds. The fourth-order valence-corrected chi connectivity index (χ4v) is 2.38. The maximum absolute atomic E-state index is 11.6. The van der Waals surface area contributed by atoms with Crippen molar-refractivity contribution in [2.45, 2.75) is 39.5 Å². The van der Waals surface area contributed by atoms with Gasteiger partial charge in [-0.15, -0.1) is 0 Å². The normalized spacial score (nSPS) is 24.9. The van der Waals surface area contributed by atoms with E-state index in [0.717, 1.165) is 6.54 Å². The van der Waals surface area contributed by atoms with Gasteiger partial charge in [-0.05, 0) is 24.2 Å². The lowest BCUT2D eigenvalue weighted by atomic mass is 9.91. The van der Waals surface area contributed by atoms with E-state index in [1.54, 1.807) is 0 Å². The number of amides is 1. The fraction of sp³-hybridized carbons (Fsp3) is 0.833. The van der Waals surface area contributed by atoms with E-state index in [-0.39, 0.29) is 18.1 Å². The predicted octanol–water partition coefficient (Wildman–Crippen LogP) is 1.61. The number of nitrogens with zero attached hydrogens (tertiary/aromatic N) is 1. The molecule has 84 valence electrons. The van der Waals surface area contributed by atoms with Crippen molar-refractivity contribution in [1.29, 1.82) is 0 Å². The first-order valence-corrected chi connectivity index (χ1v) is 5.83.